The highest BCUT2D eigenvalue weighted by atomic mass is 35.5. The number of aromatic nitrogens is 2. The highest BCUT2D eigenvalue weighted by Gasteiger charge is 2.32. The third kappa shape index (κ3) is 7.21. The van der Waals surface area contributed by atoms with E-state index in [-0.39, 0.29) is 37.0 Å². The van der Waals surface area contributed by atoms with Gasteiger partial charge < -0.3 is 20.4 Å². The Morgan fingerprint density at radius 1 is 1.02 bits per heavy atom. The fraction of sp³-hybridized carbons (Fsp3) is 0.400. The van der Waals surface area contributed by atoms with E-state index in [1.165, 1.54) is 19.3 Å². The smallest absolute Gasteiger partial charge is 0.318 e. The number of nitrogens with zero attached hydrogens (tertiary/aromatic N) is 4. The SMILES string of the molecule is CCCCCCCNC(=O)CNC(=O)N1Cc2ccccc2N(C(=O)c2ccc(-n3cccn3)cc2Cl)C[C@H]1C. The molecule has 1 aromatic heterocycles. The Kier molecular flexibility index (Phi) is 10.2. The highest BCUT2D eigenvalue weighted by molar-refractivity contribution is 6.34. The van der Waals surface area contributed by atoms with Gasteiger partial charge in [0, 0.05) is 43.8 Å². The van der Waals surface area contributed by atoms with Gasteiger partial charge in [-0.1, -0.05) is 62.4 Å². The first-order valence-electron chi connectivity index (χ1n) is 13.9. The van der Waals surface area contributed by atoms with Crippen LogP contribution in [-0.4, -0.2) is 58.2 Å². The van der Waals surface area contributed by atoms with Crippen molar-refractivity contribution < 1.29 is 14.4 Å². The fourth-order valence-corrected chi connectivity index (χ4v) is 5.09. The maximum absolute atomic E-state index is 13.8. The lowest BCUT2D eigenvalue weighted by Gasteiger charge is -2.29. The Morgan fingerprint density at radius 3 is 2.58 bits per heavy atom. The van der Waals surface area contributed by atoms with Crippen LogP contribution in [0.2, 0.25) is 5.02 Å². The van der Waals surface area contributed by atoms with Crippen LogP contribution in [0.5, 0.6) is 0 Å². The third-order valence-corrected chi connectivity index (χ3v) is 7.38. The zero-order chi connectivity index (χ0) is 28.5. The van der Waals surface area contributed by atoms with Gasteiger partial charge in [0.15, 0.2) is 0 Å². The molecule has 212 valence electrons. The summed E-state index contributed by atoms with van der Waals surface area (Å²) < 4.78 is 1.67. The molecule has 40 heavy (non-hydrogen) atoms. The number of para-hydroxylation sites is 1. The van der Waals surface area contributed by atoms with E-state index in [1.807, 2.05) is 37.3 Å². The van der Waals surface area contributed by atoms with E-state index < -0.39 is 0 Å². The van der Waals surface area contributed by atoms with Crippen LogP contribution >= 0.6 is 11.6 Å². The van der Waals surface area contributed by atoms with Crippen molar-refractivity contribution in [2.45, 2.75) is 58.5 Å². The van der Waals surface area contributed by atoms with Crippen molar-refractivity contribution >= 4 is 35.1 Å². The minimum atomic E-state index is -0.351. The molecule has 2 aromatic carbocycles. The predicted molar refractivity (Wildman–Crippen MR) is 157 cm³/mol. The molecule has 0 radical (unpaired) electrons. The van der Waals surface area contributed by atoms with Gasteiger partial charge in [-0.05, 0) is 49.2 Å². The zero-order valence-electron chi connectivity index (χ0n) is 23.1. The van der Waals surface area contributed by atoms with Gasteiger partial charge in [-0.2, -0.15) is 5.10 Å². The molecule has 2 heterocycles. The van der Waals surface area contributed by atoms with Crippen molar-refractivity contribution in [2.24, 2.45) is 0 Å². The van der Waals surface area contributed by atoms with Crippen molar-refractivity contribution in [3.63, 3.8) is 0 Å². The van der Waals surface area contributed by atoms with Gasteiger partial charge in [0.2, 0.25) is 5.91 Å². The first-order chi connectivity index (χ1) is 19.4. The number of amides is 4. The molecule has 1 aliphatic heterocycles. The number of fused-ring (bicyclic) bond motifs is 1. The number of hydrogen-bond acceptors (Lipinski definition) is 4. The predicted octanol–water partition coefficient (Wildman–Crippen LogP) is 5.17. The van der Waals surface area contributed by atoms with Crippen molar-refractivity contribution in [1.82, 2.24) is 25.3 Å². The minimum absolute atomic E-state index is 0.0977. The summed E-state index contributed by atoms with van der Waals surface area (Å²) in [7, 11) is 0. The average molecular weight is 565 g/mol. The molecule has 0 unspecified atom stereocenters. The summed E-state index contributed by atoms with van der Waals surface area (Å²) >= 11 is 6.58. The van der Waals surface area contributed by atoms with Crippen LogP contribution in [0, 0.1) is 0 Å². The number of anilines is 1. The molecule has 2 N–H and O–H groups in total. The summed E-state index contributed by atoms with van der Waals surface area (Å²) in [5.41, 5.74) is 2.67. The maximum Gasteiger partial charge on any atom is 0.318 e. The molecule has 1 aliphatic rings. The number of carbonyl (C=O) groups excluding carboxylic acids is 3. The Hall–Kier alpha value is -3.85. The lowest BCUT2D eigenvalue weighted by Crippen LogP contribution is -2.50. The Balaban J connectivity index is 1.42. The molecule has 1 atom stereocenters. The number of benzene rings is 2. The number of hydrogen-bond donors (Lipinski definition) is 2. The van der Waals surface area contributed by atoms with Gasteiger partial charge in [0.25, 0.3) is 5.91 Å². The Labute approximate surface area is 240 Å². The number of halogens is 1. The van der Waals surface area contributed by atoms with Gasteiger partial charge in [-0.3, -0.25) is 9.59 Å². The van der Waals surface area contributed by atoms with Crippen molar-refractivity contribution in [1.29, 1.82) is 0 Å². The van der Waals surface area contributed by atoms with Crippen molar-refractivity contribution in [3.05, 3.63) is 77.1 Å². The Morgan fingerprint density at radius 2 is 1.82 bits per heavy atom. The van der Waals surface area contributed by atoms with E-state index in [4.69, 9.17) is 11.6 Å². The van der Waals surface area contributed by atoms with E-state index in [0.717, 1.165) is 29.8 Å². The standard InChI is InChI=1S/C30H37ClN6O3/c1-3-4-5-6-9-15-32-28(38)19-33-30(40)35-21-23-11-7-8-12-27(23)36(20-22(35)2)29(39)25-14-13-24(18-26(25)31)37-17-10-16-34-37/h7-8,10-14,16-18,22H,3-6,9,15,19-21H2,1-2H3,(H,32,38)(H,33,40)/t22-/m1/s1. The molecule has 3 aromatic rings. The van der Waals surface area contributed by atoms with Crippen LogP contribution in [0.4, 0.5) is 10.5 Å². The van der Waals surface area contributed by atoms with Crippen LogP contribution in [-0.2, 0) is 11.3 Å². The summed E-state index contributed by atoms with van der Waals surface area (Å²) in [6.07, 6.45) is 9.04. The summed E-state index contributed by atoms with van der Waals surface area (Å²) in [6, 6.07) is 13.9. The minimum Gasteiger partial charge on any atom is -0.355 e. The average Bonchev–Trinajstić information content (AvgIpc) is 3.45. The summed E-state index contributed by atoms with van der Waals surface area (Å²) in [6.45, 7) is 5.14. The molecule has 0 spiro atoms. The topological polar surface area (TPSA) is 99.6 Å². The second kappa shape index (κ2) is 14.0. The number of unbranched alkanes of at least 4 members (excludes halogenated alkanes) is 4. The number of urea groups is 1. The summed E-state index contributed by atoms with van der Waals surface area (Å²) in [5, 5.41) is 10.2. The van der Waals surface area contributed by atoms with E-state index in [9.17, 15) is 14.4 Å². The molecule has 9 nitrogen and oxygen atoms in total. The van der Waals surface area contributed by atoms with E-state index >= 15 is 0 Å². The monoisotopic (exact) mass is 564 g/mol. The van der Waals surface area contributed by atoms with Gasteiger partial charge in [0.05, 0.1) is 22.8 Å². The van der Waals surface area contributed by atoms with Gasteiger partial charge in [0.1, 0.15) is 0 Å². The van der Waals surface area contributed by atoms with Crippen LogP contribution in [0.25, 0.3) is 5.69 Å². The first-order valence-corrected chi connectivity index (χ1v) is 14.3. The summed E-state index contributed by atoms with van der Waals surface area (Å²) in [5.74, 6) is -0.464. The third-order valence-electron chi connectivity index (χ3n) is 7.06. The van der Waals surface area contributed by atoms with Crippen molar-refractivity contribution in [2.75, 3.05) is 24.5 Å². The molecular weight excluding hydrogens is 528 g/mol. The van der Waals surface area contributed by atoms with E-state index in [1.54, 1.807) is 45.1 Å². The van der Waals surface area contributed by atoms with Crippen LogP contribution < -0.4 is 15.5 Å². The molecule has 4 rings (SSSR count). The molecule has 4 amide bonds. The largest absolute Gasteiger partial charge is 0.355 e. The number of rotatable bonds is 10. The lowest BCUT2D eigenvalue weighted by atomic mass is 10.1. The van der Waals surface area contributed by atoms with Gasteiger partial charge in [-0.25, -0.2) is 9.48 Å². The molecule has 0 saturated heterocycles. The number of carbonyl (C=O) groups is 3. The zero-order valence-corrected chi connectivity index (χ0v) is 23.9. The normalized spacial score (nSPS) is 14.8. The van der Waals surface area contributed by atoms with E-state index in [2.05, 4.69) is 22.7 Å². The summed E-state index contributed by atoms with van der Waals surface area (Å²) in [4.78, 5) is 42.6. The first kappa shape index (κ1) is 29.1. The van der Waals surface area contributed by atoms with Gasteiger partial charge >= 0.3 is 6.03 Å². The molecule has 0 saturated carbocycles. The lowest BCUT2D eigenvalue weighted by molar-refractivity contribution is -0.120. The van der Waals surface area contributed by atoms with Gasteiger partial charge in [-0.15, -0.1) is 0 Å². The second-order valence-electron chi connectivity index (χ2n) is 10.1. The molecular formula is C30H37ClN6O3. The van der Waals surface area contributed by atoms with Crippen LogP contribution in [0.3, 0.4) is 0 Å². The molecule has 0 bridgehead atoms. The molecule has 10 heteroatoms. The fourth-order valence-electron chi connectivity index (χ4n) is 4.84. The molecule has 0 aliphatic carbocycles. The highest BCUT2D eigenvalue weighted by Crippen LogP contribution is 2.30. The second-order valence-corrected chi connectivity index (χ2v) is 10.5. The maximum atomic E-state index is 13.8. The quantitative estimate of drug-likeness (QED) is 0.332. The number of nitrogens with one attached hydrogen (secondary N) is 2. The van der Waals surface area contributed by atoms with Crippen molar-refractivity contribution in [3.8, 4) is 5.69 Å². The van der Waals surface area contributed by atoms with Crippen LogP contribution in [0.15, 0.2) is 60.9 Å². The van der Waals surface area contributed by atoms with E-state index in [0.29, 0.717) is 23.7 Å². The molecule has 0 fully saturated rings. The Bertz CT molecular complexity index is 1310. The van der Waals surface area contributed by atoms with Crippen LogP contribution in [0.1, 0.15) is 61.9 Å².